The van der Waals surface area contributed by atoms with Gasteiger partial charge in [0.15, 0.2) is 0 Å². The van der Waals surface area contributed by atoms with Gasteiger partial charge in [0.25, 0.3) is 0 Å². The maximum Gasteiger partial charge on any atom is 0.249 e. The lowest BCUT2D eigenvalue weighted by atomic mass is 10.3. The van der Waals surface area contributed by atoms with Crippen molar-refractivity contribution in [1.82, 2.24) is 15.2 Å². The second-order valence-electron chi connectivity index (χ2n) is 2.49. The summed E-state index contributed by atoms with van der Waals surface area (Å²) in [6, 6.07) is 1.70. The Labute approximate surface area is 89.9 Å². The first-order valence-electron chi connectivity index (χ1n) is 3.79. The summed E-state index contributed by atoms with van der Waals surface area (Å²) in [5.74, 6) is 0.915. The first-order chi connectivity index (χ1) is 6.81. The van der Waals surface area contributed by atoms with Gasteiger partial charge in [-0.3, -0.25) is 4.98 Å². The topological polar surface area (TPSA) is 51.8 Å². The van der Waals surface area contributed by atoms with E-state index in [2.05, 4.69) is 15.2 Å². The van der Waals surface area contributed by atoms with Gasteiger partial charge in [0.05, 0.1) is 10.6 Å². The lowest BCUT2D eigenvalue weighted by Gasteiger charge is -1.95. The van der Waals surface area contributed by atoms with Crippen LogP contribution in [0.4, 0.5) is 0 Å². The van der Waals surface area contributed by atoms with Crippen LogP contribution >= 0.6 is 23.2 Å². The molecule has 0 atom stereocenters. The molecule has 0 aliphatic rings. The normalized spacial score (nSPS) is 10.4. The summed E-state index contributed by atoms with van der Waals surface area (Å²) in [6.07, 6.45) is 3.12. The Hall–Kier alpha value is -1.13. The van der Waals surface area contributed by atoms with Crippen molar-refractivity contribution in [3.8, 4) is 11.5 Å². The van der Waals surface area contributed by atoms with E-state index < -0.39 is 0 Å². The summed E-state index contributed by atoms with van der Waals surface area (Å²) in [7, 11) is 0. The summed E-state index contributed by atoms with van der Waals surface area (Å²) in [5.41, 5.74) is 0.658. The summed E-state index contributed by atoms with van der Waals surface area (Å²) in [4.78, 5) is 3.85. The minimum absolute atomic E-state index is 0.190. The molecule has 0 aliphatic carbocycles. The second-order valence-corrected chi connectivity index (χ2v) is 3.16. The van der Waals surface area contributed by atoms with Gasteiger partial charge in [0.2, 0.25) is 11.8 Å². The van der Waals surface area contributed by atoms with E-state index >= 15 is 0 Å². The van der Waals surface area contributed by atoms with Crippen LogP contribution in [0.1, 0.15) is 5.89 Å². The van der Waals surface area contributed by atoms with E-state index in [4.69, 9.17) is 27.6 Å². The third kappa shape index (κ3) is 1.71. The van der Waals surface area contributed by atoms with Gasteiger partial charge in [-0.2, -0.15) is 0 Å². The molecule has 14 heavy (non-hydrogen) atoms. The molecular weight excluding hydrogens is 225 g/mol. The van der Waals surface area contributed by atoms with Crippen molar-refractivity contribution in [2.75, 3.05) is 0 Å². The van der Waals surface area contributed by atoms with Gasteiger partial charge in [0, 0.05) is 12.4 Å². The van der Waals surface area contributed by atoms with E-state index in [0.29, 0.717) is 22.4 Å². The molecule has 0 unspecified atom stereocenters. The summed E-state index contributed by atoms with van der Waals surface area (Å²) >= 11 is 11.4. The average molecular weight is 230 g/mol. The molecule has 0 aromatic carbocycles. The first-order valence-corrected chi connectivity index (χ1v) is 4.70. The number of aromatic nitrogens is 3. The average Bonchev–Trinajstić information content (AvgIpc) is 2.67. The van der Waals surface area contributed by atoms with Crippen LogP contribution in [0.25, 0.3) is 11.5 Å². The second kappa shape index (κ2) is 3.94. The maximum atomic E-state index is 5.89. The van der Waals surface area contributed by atoms with E-state index in [9.17, 15) is 0 Å². The van der Waals surface area contributed by atoms with Crippen molar-refractivity contribution >= 4 is 23.2 Å². The predicted octanol–water partition coefficient (Wildman–Crippen LogP) is 2.52. The van der Waals surface area contributed by atoms with Gasteiger partial charge in [-0.25, -0.2) is 0 Å². The Bertz CT molecular complexity index is 444. The molecule has 0 aliphatic heterocycles. The number of hydrogen-bond acceptors (Lipinski definition) is 4. The number of halogens is 2. The zero-order valence-electron chi connectivity index (χ0n) is 6.94. The molecule has 0 radical (unpaired) electrons. The van der Waals surface area contributed by atoms with Gasteiger partial charge in [-0.15, -0.1) is 21.8 Å². The van der Waals surface area contributed by atoms with Crippen molar-refractivity contribution in [1.29, 1.82) is 0 Å². The first kappa shape index (κ1) is 9.43. The highest BCUT2D eigenvalue weighted by atomic mass is 35.5. The fourth-order valence-electron chi connectivity index (χ4n) is 0.965. The highest BCUT2D eigenvalue weighted by Gasteiger charge is 2.10. The van der Waals surface area contributed by atoms with Crippen LogP contribution in [0.2, 0.25) is 5.02 Å². The van der Waals surface area contributed by atoms with Crippen LogP contribution in [-0.2, 0) is 5.88 Å². The number of hydrogen-bond donors (Lipinski definition) is 0. The van der Waals surface area contributed by atoms with Gasteiger partial charge in [-0.05, 0) is 6.07 Å². The molecule has 0 N–H and O–H groups in total. The van der Waals surface area contributed by atoms with E-state index in [-0.39, 0.29) is 5.88 Å². The smallest absolute Gasteiger partial charge is 0.249 e. The molecule has 2 rings (SSSR count). The highest BCUT2D eigenvalue weighted by Crippen LogP contribution is 2.25. The minimum atomic E-state index is 0.190. The van der Waals surface area contributed by atoms with Crippen molar-refractivity contribution in [2.45, 2.75) is 5.88 Å². The van der Waals surface area contributed by atoms with Crippen molar-refractivity contribution < 1.29 is 4.42 Å². The highest BCUT2D eigenvalue weighted by molar-refractivity contribution is 6.32. The monoisotopic (exact) mass is 229 g/mol. The number of nitrogens with zero attached hydrogens (tertiary/aromatic N) is 3. The molecular formula is C8H5Cl2N3O. The predicted molar refractivity (Wildman–Crippen MR) is 52.1 cm³/mol. The number of rotatable bonds is 2. The number of pyridine rings is 1. The van der Waals surface area contributed by atoms with Crippen LogP contribution in [-0.4, -0.2) is 15.2 Å². The largest absolute Gasteiger partial charge is 0.419 e. The zero-order valence-corrected chi connectivity index (χ0v) is 8.46. The molecule has 0 saturated carbocycles. The Morgan fingerprint density at radius 3 is 2.86 bits per heavy atom. The minimum Gasteiger partial charge on any atom is -0.419 e. The van der Waals surface area contributed by atoms with Gasteiger partial charge in [-0.1, -0.05) is 11.6 Å². The van der Waals surface area contributed by atoms with Crippen molar-refractivity contribution in [3.63, 3.8) is 0 Å². The van der Waals surface area contributed by atoms with Crippen molar-refractivity contribution in [3.05, 3.63) is 29.4 Å². The van der Waals surface area contributed by atoms with Gasteiger partial charge < -0.3 is 4.42 Å². The standard InChI is InChI=1S/C8H5Cl2N3O/c9-3-7-12-13-8(14-7)5-1-2-11-4-6(5)10/h1-2,4H,3H2. The van der Waals surface area contributed by atoms with Crippen molar-refractivity contribution in [2.24, 2.45) is 0 Å². The molecule has 0 amide bonds. The van der Waals surface area contributed by atoms with E-state index in [1.165, 1.54) is 6.20 Å². The van der Waals surface area contributed by atoms with E-state index in [1.54, 1.807) is 12.3 Å². The van der Waals surface area contributed by atoms with Crippen LogP contribution in [0, 0.1) is 0 Å². The Balaban J connectivity index is 2.44. The molecule has 0 fully saturated rings. The summed E-state index contributed by atoms with van der Waals surface area (Å²) < 4.78 is 5.23. The molecule has 6 heteroatoms. The van der Waals surface area contributed by atoms with Crippen LogP contribution < -0.4 is 0 Å². The molecule has 0 spiro atoms. The molecule has 0 saturated heterocycles. The van der Waals surface area contributed by atoms with Crippen LogP contribution in [0.3, 0.4) is 0 Å². The number of alkyl halides is 1. The van der Waals surface area contributed by atoms with E-state index in [0.717, 1.165) is 0 Å². The molecule has 72 valence electrons. The van der Waals surface area contributed by atoms with Crippen LogP contribution in [0.15, 0.2) is 22.9 Å². The Morgan fingerprint density at radius 1 is 1.36 bits per heavy atom. The third-order valence-corrected chi connectivity index (χ3v) is 2.11. The van der Waals surface area contributed by atoms with E-state index in [1.807, 2.05) is 0 Å². The molecule has 4 nitrogen and oxygen atoms in total. The maximum absolute atomic E-state index is 5.89. The molecule has 0 bridgehead atoms. The third-order valence-electron chi connectivity index (χ3n) is 1.58. The Kier molecular flexibility index (Phi) is 2.65. The molecule has 2 aromatic heterocycles. The van der Waals surface area contributed by atoms with Gasteiger partial charge >= 0.3 is 0 Å². The summed E-state index contributed by atoms with van der Waals surface area (Å²) in [6.45, 7) is 0. The summed E-state index contributed by atoms with van der Waals surface area (Å²) in [5, 5.41) is 8.00. The lowest BCUT2D eigenvalue weighted by molar-refractivity contribution is 0.527. The molecule has 2 aromatic rings. The fourth-order valence-corrected chi connectivity index (χ4v) is 1.27. The Morgan fingerprint density at radius 2 is 2.21 bits per heavy atom. The SMILES string of the molecule is ClCc1nnc(-c2ccncc2Cl)o1. The molecule has 2 heterocycles. The van der Waals surface area contributed by atoms with Crippen LogP contribution in [0.5, 0.6) is 0 Å². The van der Waals surface area contributed by atoms with Gasteiger partial charge in [0.1, 0.15) is 5.88 Å². The fraction of sp³-hybridized carbons (Fsp3) is 0.125. The lowest BCUT2D eigenvalue weighted by Crippen LogP contribution is -1.80. The quantitative estimate of drug-likeness (QED) is 0.743. The zero-order chi connectivity index (χ0) is 9.97.